The number of carbonyl (C=O) groups is 2. The number of nitrogens with zero attached hydrogens (tertiary/aromatic N) is 1. The lowest BCUT2D eigenvalue weighted by Crippen LogP contribution is -2.22. The Kier molecular flexibility index (Phi) is 4.77. The molecule has 2 amide bonds. The summed E-state index contributed by atoms with van der Waals surface area (Å²) in [5.41, 5.74) is 3.47. The smallest absolute Gasteiger partial charge is 0.259 e. The Balaban J connectivity index is 1.81. The number of aliphatic hydroxyl groups is 2. The zero-order valence-corrected chi connectivity index (χ0v) is 17.8. The Morgan fingerprint density at radius 1 is 0.968 bits per heavy atom. The number of fused-ring (bicyclic) bond motifs is 2. The van der Waals surface area contributed by atoms with E-state index in [1.807, 2.05) is 42.5 Å². The van der Waals surface area contributed by atoms with Crippen LogP contribution in [0.3, 0.4) is 0 Å². The highest BCUT2D eigenvalue weighted by Crippen LogP contribution is 2.39. The van der Waals surface area contributed by atoms with E-state index in [0.29, 0.717) is 16.7 Å². The van der Waals surface area contributed by atoms with Gasteiger partial charge in [0, 0.05) is 44.3 Å². The van der Waals surface area contributed by atoms with Crippen molar-refractivity contribution in [1.29, 1.82) is 0 Å². The monoisotopic (exact) mass is 479 g/mol. The molecule has 31 heavy (non-hydrogen) atoms. The number of hydrogen-bond donors (Lipinski definition) is 4. The van der Waals surface area contributed by atoms with Crippen LogP contribution in [-0.2, 0) is 16.1 Å². The first-order valence-corrected chi connectivity index (χ1v) is 10.5. The fourth-order valence-corrected chi connectivity index (χ4v) is 4.78. The minimum absolute atomic E-state index is 0.140. The molecule has 1 aliphatic heterocycles. The molecule has 8 heteroatoms. The molecule has 3 heterocycles. The summed E-state index contributed by atoms with van der Waals surface area (Å²) < 4.78 is 2.56. The summed E-state index contributed by atoms with van der Waals surface area (Å²) in [7, 11) is 0. The number of carbonyl (C=O) groups excluding carboxylic acids is 2. The third-order valence-corrected chi connectivity index (χ3v) is 6.17. The van der Waals surface area contributed by atoms with E-state index in [1.54, 1.807) is 17.0 Å². The van der Waals surface area contributed by atoms with Crippen LogP contribution >= 0.6 is 15.9 Å². The van der Waals surface area contributed by atoms with Gasteiger partial charge in [0.1, 0.15) is 0 Å². The van der Waals surface area contributed by atoms with Crippen molar-refractivity contribution in [2.75, 3.05) is 6.61 Å². The zero-order chi connectivity index (χ0) is 21.7. The SMILES string of the molecule is O=C1NC(=O)C(c2cn(CC(O)CO)c3c(Br)cccc23)=C1c1c[nH]c2ccccc12. The quantitative estimate of drug-likeness (QED) is 0.330. The number of nitrogens with one attached hydrogen (secondary N) is 2. The maximum Gasteiger partial charge on any atom is 0.259 e. The van der Waals surface area contributed by atoms with Crippen molar-refractivity contribution < 1.29 is 19.8 Å². The third-order valence-electron chi connectivity index (χ3n) is 5.53. The molecule has 1 unspecified atom stereocenters. The van der Waals surface area contributed by atoms with E-state index in [-0.39, 0.29) is 18.7 Å². The van der Waals surface area contributed by atoms with E-state index >= 15 is 0 Å². The van der Waals surface area contributed by atoms with Crippen LogP contribution in [0.1, 0.15) is 11.1 Å². The molecule has 0 radical (unpaired) electrons. The molecular formula is C23H18BrN3O4. The molecule has 0 fully saturated rings. The summed E-state index contributed by atoms with van der Waals surface area (Å²) in [4.78, 5) is 28.9. The fourth-order valence-electron chi connectivity index (χ4n) is 4.19. The number of amides is 2. The number of H-pyrrole nitrogens is 1. The van der Waals surface area contributed by atoms with Gasteiger partial charge in [0.15, 0.2) is 0 Å². The molecule has 0 spiro atoms. The number of hydrogen-bond acceptors (Lipinski definition) is 4. The van der Waals surface area contributed by atoms with Crippen molar-refractivity contribution in [3.05, 3.63) is 70.5 Å². The largest absolute Gasteiger partial charge is 0.394 e. The lowest BCUT2D eigenvalue weighted by atomic mass is 9.95. The van der Waals surface area contributed by atoms with Gasteiger partial charge in [-0.3, -0.25) is 14.9 Å². The molecule has 4 N–H and O–H groups in total. The zero-order valence-electron chi connectivity index (χ0n) is 16.2. The molecule has 0 aliphatic carbocycles. The van der Waals surface area contributed by atoms with Crippen LogP contribution in [-0.4, -0.2) is 44.3 Å². The second kappa shape index (κ2) is 7.49. The Labute approximate surface area is 185 Å². The van der Waals surface area contributed by atoms with Crippen LogP contribution in [0.5, 0.6) is 0 Å². The molecule has 4 aromatic rings. The number of aliphatic hydroxyl groups excluding tert-OH is 2. The summed E-state index contributed by atoms with van der Waals surface area (Å²) in [6.45, 7) is -0.247. The van der Waals surface area contributed by atoms with Crippen molar-refractivity contribution in [2.45, 2.75) is 12.6 Å². The molecule has 1 aliphatic rings. The van der Waals surface area contributed by atoms with Gasteiger partial charge in [-0.05, 0) is 28.1 Å². The minimum Gasteiger partial charge on any atom is -0.394 e. The molecule has 0 saturated heterocycles. The third kappa shape index (κ3) is 3.11. The first-order chi connectivity index (χ1) is 15.0. The highest BCUT2D eigenvalue weighted by molar-refractivity contribution is 9.10. The summed E-state index contributed by atoms with van der Waals surface area (Å²) in [5.74, 6) is -0.914. The average molecular weight is 480 g/mol. The van der Waals surface area contributed by atoms with E-state index in [9.17, 15) is 19.8 Å². The number of benzene rings is 2. The molecule has 2 aromatic heterocycles. The van der Waals surface area contributed by atoms with E-state index in [0.717, 1.165) is 26.3 Å². The highest BCUT2D eigenvalue weighted by Gasteiger charge is 2.35. The van der Waals surface area contributed by atoms with Crippen molar-refractivity contribution in [3.63, 3.8) is 0 Å². The number of aromatic nitrogens is 2. The number of halogens is 1. The Hall–Kier alpha value is -3.20. The summed E-state index contributed by atoms with van der Waals surface area (Å²) in [5, 5.41) is 23.4. The predicted molar refractivity (Wildman–Crippen MR) is 121 cm³/mol. The van der Waals surface area contributed by atoms with Crippen molar-refractivity contribution >= 4 is 60.7 Å². The number of imide groups is 1. The number of para-hydroxylation sites is 2. The standard InChI is InChI=1S/C23H18BrN3O4/c24-17-6-3-5-14-16(10-27(21(14)17)9-12(29)11-28)20-19(22(30)26-23(20)31)15-8-25-18-7-2-1-4-13(15)18/h1-8,10,12,25,28-29H,9,11H2,(H,26,30,31). The molecule has 1 atom stereocenters. The second-order valence-electron chi connectivity index (χ2n) is 7.45. The number of rotatable bonds is 5. The van der Waals surface area contributed by atoms with Gasteiger partial charge in [-0.15, -0.1) is 0 Å². The van der Waals surface area contributed by atoms with Crippen LogP contribution in [0, 0.1) is 0 Å². The molecule has 0 bridgehead atoms. The van der Waals surface area contributed by atoms with Gasteiger partial charge < -0.3 is 19.8 Å². The Bertz CT molecular complexity index is 1400. The van der Waals surface area contributed by atoms with Gasteiger partial charge in [-0.2, -0.15) is 0 Å². The van der Waals surface area contributed by atoms with Crippen molar-refractivity contribution in [2.24, 2.45) is 0 Å². The second-order valence-corrected chi connectivity index (χ2v) is 8.30. The van der Waals surface area contributed by atoms with Gasteiger partial charge in [0.25, 0.3) is 11.8 Å². The molecule has 156 valence electrons. The first-order valence-electron chi connectivity index (χ1n) is 9.72. The van der Waals surface area contributed by atoms with Gasteiger partial charge >= 0.3 is 0 Å². The molecule has 7 nitrogen and oxygen atoms in total. The maximum atomic E-state index is 12.9. The first kappa shape index (κ1) is 19.7. The van der Waals surface area contributed by atoms with Crippen molar-refractivity contribution in [1.82, 2.24) is 14.9 Å². The van der Waals surface area contributed by atoms with Crippen molar-refractivity contribution in [3.8, 4) is 0 Å². The summed E-state index contributed by atoms with van der Waals surface area (Å²) >= 11 is 3.54. The van der Waals surface area contributed by atoms with E-state index in [4.69, 9.17) is 0 Å². The highest BCUT2D eigenvalue weighted by atomic mass is 79.9. The predicted octanol–water partition coefficient (Wildman–Crippen LogP) is 2.81. The maximum absolute atomic E-state index is 12.9. The fraction of sp³-hybridized carbons (Fsp3) is 0.130. The van der Waals surface area contributed by atoms with E-state index < -0.39 is 17.9 Å². The van der Waals surface area contributed by atoms with Gasteiger partial charge in [-0.1, -0.05) is 30.3 Å². The number of aromatic amines is 1. The molecule has 2 aromatic carbocycles. The van der Waals surface area contributed by atoms with Crippen LogP contribution < -0.4 is 5.32 Å². The molecular weight excluding hydrogens is 462 g/mol. The Morgan fingerprint density at radius 3 is 2.45 bits per heavy atom. The van der Waals surface area contributed by atoms with Gasteiger partial charge in [0.2, 0.25) is 0 Å². The van der Waals surface area contributed by atoms with Gasteiger partial charge in [0.05, 0.1) is 35.9 Å². The van der Waals surface area contributed by atoms with Crippen LogP contribution in [0.15, 0.2) is 59.3 Å². The van der Waals surface area contributed by atoms with E-state index in [2.05, 4.69) is 26.2 Å². The Morgan fingerprint density at radius 2 is 1.68 bits per heavy atom. The lowest BCUT2D eigenvalue weighted by Gasteiger charge is -2.10. The minimum atomic E-state index is -0.961. The normalized spacial score (nSPS) is 15.3. The topological polar surface area (TPSA) is 107 Å². The van der Waals surface area contributed by atoms with E-state index in [1.165, 1.54) is 0 Å². The van der Waals surface area contributed by atoms with Crippen LogP contribution in [0.2, 0.25) is 0 Å². The average Bonchev–Trinajstić information content (AvgIpc) is 3.41. The summed E-state index contributed by atoms with van der Waals surface area (Å²) in [6.07, 6.45) is 2.52. The molecule has 5 rings (SSSR count). The van der Waals surface area contributed by atoms with Gasteiger partial charge in [-0.25, -0.2) is 0 Å². The lowest BCUT2D eigenvalue weighted by molar-refractivity contribution is -0.122. The summed E-state index contributed by atoms with van der Waals surface area (Å²) in [6, 6.07) is 13.2. The van der Waals surface area contributed by atoms with Crippen LogP contribution in [0.4, 0.5) is 0 Å². The molecule has 0 saturated carbocycles. The van der Waals surface area contributed by atoms with Crippen LogP contribution in [0.25, 0.3) is 33.0 Å².